The van der Waals surface area contributed by atoms with E-state index in [1.165, 1.54) is 16.8 Å². The molecule has 0 radical (unpaired) electrons. The first-order valence-corrected chi connectivity index (χ1v) is 6.29. The maximum atomic E-state index is 4.60. The Hall–Kier alpha value is -0.890. The first kappa shape index (κ1) is 11.6. The monoisotopic (exact) mass is 218 g/mol. The number of rotatable bonds is 2. The highest BCUT2D eigenvalue weighted by molar-refractivity contribution is 5.37. The average molecular weight is 218 g/mol. The lowest BCUT2D eigenvalue weighted by Crippen LogP contribution is -2.32. The third-order valence-electron chi connectivity index (χ3n) is 3.51. The second kappa shape index (κ2) is 4.54. The SMILES string of the molecule is CC(C)c1nccc2c1C(C(C)C)CNC2. The Labute approximate surface area is 98.5 Å². The van der Waals surface area contributed by atoms with Crippen molar-refractivity contribution in [3.05, 3.63) is 29.1 Å². The summed E-state index contributed by atoms with van der Waals surface area (Å²) >= 11 is 0. The summed E-state index contributed by atoms with van der Waals surface area (Å²) in [6, 6.07) is 2.17. The fourth-order valence-electron chi connectivity index (χ4n) is 2.61. The van der Waals surface area contributed by atoms with E-state index < -0.39 is 0 Å². The number of pyridine rings is 1. The van der Waals surface area contributed by atoms with Crippen molar-refractivity contribution in [2.45, 2.75) is 46.1 Å². The molecule has 1 N–H and O–H groups in total. The summed E-state index contributed by atoms with van der Waals surface area (Å²) in [4.78, 5) is 4.60. The summed E-state index contributed by atoms with van der Waals surface area (Å²) in [6.07, 6.45) is 1.96. The molecule has 0 fully saturated rings. The predicted molar refractivity (Wildman–Crippen MR) is 67.6 cm³/mol. The summed E-state index contributed by atoms with van der Waals surface area (Å²) in [5.41, 5.74) is 4.27. The molecule has 0 aliphatic carbocycles. The maximum Gasteiger partial charge on any atom is 0.0467 e. The third kappa shape index (κ3) is 1.99. The van der Waals surface area contributed by atoms with Crippen LogP contribution < -0.4 is 5.32 Å². The molecule has 1 unspecified atom stereocenters. The predicted octanol–water partition coefficient (Wildman–Crippen LogP) is 3.05. The molecule has 88 valence electrons. The molecule has 0 aromatic carbocycles. The Morgan fingerprint density at radius 3 is 2.69 bits per heavy atom. The standard InChI is InChI=1S/C14H22N2/c1-9(2)12-8-15-7-11-5-6-16-14(10(3)4)13(11)12/h5-6,9-10,12,15H,7-8H2,1-4H3. The molecule has 1 aliphatic rings. The topological polar surface area (TPSA) is 24.9 Å². The van der Waals surface area contributed by atoms with Gasteiger partial charge in [0, 0.05) is 30.9 Å². The van der Waals surface area contributed by atoms with Crippen molar-refractivity contribution in [3.63, 3.8) is 0 Å². The van der Waals surface area contributed by atoms with Gasteiger partial charge >= 0.3 is 0 Å². The second-order valence-electron chi connectivity index (χ2n) is 5.41. The number of hydrogen-bond donors (Lipinski definition) is 1. The molecular formula is C14H22N2. The van der Waals surface area contributed by atoms with Gasteiger partial charge in [0.05, 0.1) is 0 Å². The largest absolute Gasteiger partial charge is 0.312 e. The van der Waals surface area contributed by atoms with Gasteiger partial charge in [0.15, 0.2) is 0 Å². The van der Waals surface area contributed by atoms with Crippen LogP contribution in [0.1, 0.15) is 56.4 Å². The van der Waals surface area contributed by atoms with Crippen LogP contribution in [0, 0.1) is 5.92 Å². The first-order valence-electron chi connectivity index (χ1n) is 6.29. The summed E-state index contributed by atoms with van der Waals surface area (Å²) in [5, 5.41) is 3.51. The van der Waals surface area contributed by atoms with Crippen LogP contribution in [0.3, 0.4) is 0 Å². The normalized spacial score (nSPS) is 20.2. The Balaban J connectivity index is 2.51. The molecule has 2 rings (SSSR count). The van der Waals surface area contributed by atoms with Crippen molar-refractivity contribution in [1.82, 2.24) is 10.3 Å². The van der Waals surface area contributed by atoms with E-state index in [0.29, 0.717) is 17.8 Å². The van der Waals surface area contributed by atoms with Gasteiger partial charge in [-0.05, 0) is 29.0 Å². The minimum atomic E-state index is 0.522. The molecule has 2 heteroatoms. The van der Waals surface area contributed by atoms with Gasteiger partial charge in [0.1, 0.15) is 0 Å². The van der Waals surface area contributed by atoms with E-state index in [1.54, 1.807) is 0 Å². The number of aromatic nitrogens is 1. The zero-order chi connectivity index (χ0) is 11.7. The van der Waals surface area contributed by atoms with Crippen molar-refractivity contribution in [2.75, 3.05) is 6.54 Å². The van der Waals surface area contributed by atoms with E-state index in [4.69, 9.17) is 0 Å². The fourth-order valence-corrected chi connectivity index (χ4v) is 2.61. The van der Waals surface area contributed by atoms with Crippen LogP contribution in [0.2, 0.25) is 0 Å². The average Bonchev–Trinajstić information content (AvgIpc) is 2.27. The Kier molecular flexibility index (Phi) is 3.29. The molecule has 0 saturated heterocycles. The Bertz CT molecular complexity index is 369. The molecule has 1 aromatic heterocycles. The number of nitrogens with zero attached hydrogens (tertiary/aromatic N) is 1. The summed E-state index contributed by atoms with van der Waals surface area (Å²) < 4.78 is 0. The lowest BCUT2D eigenvalue weighted by molar-refractivity contribution is 0.429. The highest BCUT2D eigenvalue weighted by atomic mass is 14.9. The fraction of sp³-hybridized carbons (Fsp3) is 0.643. The van der Waals surface area contributed by atoms with Crippen molar-refractivity contribution in [2.24, 2.45) is 5.92 Å². The quantitative estimate of drug-likeness (QED) is 0.825. The molecule has 0 bridgehead atoms. The van der Waals surface area contributed by atoms with E-state index >= 15 is 0 Å². The highest BCUT2D eigenvalue weighted by Crippen LogP contribution is 2.34. The van der Waals surface area contributed by atoms with Crippen molar-refractivity contribution < 1.29 is 0 Å². The van der Waals surface area contributed by atoms with E-state index in [1.807, 2.05) is 6.20 Å². The van der Waals surface area contributed by atoms with Gasteiger partial charge in [-0.3, -0.25) is 4.98 Å². The van der Waals surface area contributed by atoms with E-state index in [-0.39, 0.29) is 0 Å². The van der Waals surface area contributed by atoms with Crippen LogP contribution in [0.25, 0.3) is 0 Å². The third-order valence-corrected chi connectivity index (χ3v) is 3.51. The molecule has 2 heterocycles. The molecule has 1 aromatic rings. The number of fused-ring (bicyclic) bond motifs is 1. The van der Waals surface area contributed by atoms with Gasteiger partial charge in [-0.2, -0.15) is 0 Å². The number of hydrogen-bond acceptors (Lipinski definition) is 2. The lowest BCUT2D eigenvalue weighted by Gasteiger charge is -2.31. The molecule has 0 amide bonds. The van der Waals surface area contributed by atoms with Gasteiger partial charge < -0.3 is 5.32 Å². The summed E-state index contributed by atoms with van der Waals surface area (Å²) in [6.45, 7) is 11.2. The van der Waals surface area contributed by atoms with Gasteiger partial charge in [0.2, 0.25) is 0 Å². The first-order chi connectivity index (χ1) is 7.61. The minimum Gasteiger partial charge on any atom is -0.312 e. The minimum absolute atomic E-state index is 0.522. The van der Waals surface area contributed by atoms with Gasteiger partial charge in [-0.1, -0.05) is 27.7 Å². The van der Waals surface area contributed by atoms with E-state index in [9.17, 15) is 0 Å². The van der Waals surface area contributed by atoms with Gasteiger partial charge in [0.25, 0.3) is 0 Å². The van der Waals surface area contributed by atoms with E-state index in [2.05, 4.69) is 44.1 Å². The van der Waals surface area contributed by atoms with Crippen LogP contribution in [-0.4, -0.2) is 11.5 Å². The van der Waals surface area contributed by atoms with Crippen molar-refractivity contribution >= 4 is 0 Å². The number of nitrogens with one attached hydrogen (secondary N) is 1. The molecule has 1 atom stereocenters. The van der Waals surface area contributed by atoms with Crippen LogP contribution in [0.4, 0.5) is 0 Å². The van der Waals surface area contributed by atoms with Crippen LogP contribution in [0.5, 0.6) is 0 Å². The highest BCUT2D eigenvalue weighted by Gasteiger charge is 2.26. The smallest absolute Gasteiger partial charge is 0.0467 e. The van der Waals surface area contributed by atoms with Crippen LogP contribution in [-0.2, 0) is 6.54 Å². The molecule has 0 saturated carbocycles. The van der Waals surface area contributed by atoms with Gasteiger partial charge in [-0.15, -0.1) is 0 Å². The Morgan fingerprint density at radius 1 is 1.31 bits per heavy atom. The van der Waals surface area contributed by atoms with Crippen molar-refractivity contribution in [1.29, 1.82) is 0 Å². The molecule has 16 heavy (non-hydrogen) atoms. The van der Waals surface area contributed by atoms with Crippen LogP contribution in [0.15, 0.2) is 12.3 Å². The maximum absolute atomic E-state index is 4.60. The second-order valence-corrected chi connectivity index (χ2v) is 5.41. The molecule has 1 aliphatic heterocycles. The van der Waals surface area contributed by atoms with E-state index in [0.717, 1.165) is 13.1 Å². The zero-order valence-corrected chi connectivity index (χ0v) is 10.7. The van der Waals surface area contributed by atoms with Gasteiger partial charge in [-0.25, -0.2) is 0 Å². The van der Waals surface area contributed by atoms with Crippen molar-refractivity contribution in [3.8, 4) is 0 Å². The summed E-state index contributed by atoms with van der Waals surface area (Å²) in [7, 11) is 0. The van der Waals surface area contributed by atoms with Crippen LogP contribution >= 0.6 is 0 Å². The molecular weight excluding hydrogens is 196 g/mol. The Morgan fingerprint density at radius 2 is 2.06 bits per heavy atom. The lowest BCUT2D eigenvalue weighted by atomic mass is 9.80. The zero-order valence-electron chi connectivity index (χ0n) is 10.7. The molecule has 2 nitrogen and oxygen atoms in total. The summed E-state index contributed by atoms with van der Waals surface area (Å²) in [5.74, 6) is 1.82. The molecule has 0 spiro atoms.